The van der Waals surface area contributed by atoms with Gasteiger partial charge < -0.3 is 29.3 Å². The van der Waals surface area contributed by atoms with Gasteiger partial charge in [0.1, 0.15) is 34.0 Å². The van der Waals surface area contributed by atoms with E-state index in [0.717, 1.165) is 64.5 Å². The second-order valence-electron chi connectivity index (χ2n) is 17.0. The number of benzene rings is 2. The number of phenolic OH excluding ortho intramolecular Hbond substituents is 1. The summed E-state index contributed by atoms with van der Waals surface area (Å²) in [5.74, 6) is 1.13. The molecule has 3 saturated heterocycles. The van der Waals surface area contributed by atoms with Crippen molar-refractivity contribution < 1.29 is 33.2 Å². The number of halogens is 2. The summed E-state index contributed by atoms with van der Waals surface area (Å²) in [5.41, 5.74) is -1.36. The molecule has 2 aromatic heterocycles. The number of rotatable bonds is 7. The maximum absolute atomic E-state index is 17.3. The molecule has 0 bridgehead atoms. The Bertz CT molecular complexity index is 2200. The Morgan fingerprint density at radius 1 is 1.00 bits per heavy atom. The predicted octanol–water partition coefficient (Wildman–Crippen LogP) is 7.29. The highest BCUT2D eigenvalue weighted by molar-refractivity contribution is 6.04. The Balaban J connectivity index is 1.14. The van der Waals surface area contributed by atoms with Gasteiger partial charge in [-0.2, -0.15) is 9.97 Å². The third-order valence-electron chi connectivity index (χ3n) is 13.3. The topological polar surface area (TPSA) is 113 Å². The number of hydrogen-bond donors (Lipinski definition) is 2. The van der Waals surface area contributed by atoms with E-state index in [9.17, 15) is 10.2 Å². The van der Waals surface area contributed by atoms with Crippen LogP contribution in [-0.2, 0) is 4.74 Å². The number of ether oxygens (including phenoxy) is 3. The number of piperidine rings is 2. The van der Waals surface area contributed by atoms with E-state index in [1.54, 1.807) is 6.92 Å². The lowest BCUT2D eigenvalue weighted by Gasteiger charge is -2.48. The molecule has 5 aliphatic rings. The van der Waals surface area contributed by atoms with Gasteiger partial charge in [0.05, 0.1) is 37.1 Å². The maximum atomic E-state index is 17.3. The van der Waals surface area contributed by atoms with Crippen LogP contribution in [0, 0.1) is 29.4 Å². The van der Waals surface area contributed by atoms with Gasteiger partial charge in [0, 0.05) is 41.5 Å². The first kappa shape index (κ1) is 36.3. The predicted molar refractivity (Wildman–Crippen MR) is 205 cm³/mol. The minimum Gasteiger partial charge on any atom is -0.508 e. The summed E-state index contributed by atoms with van der Waals surface area (Å²) in [4.78, 5) is 18.9. The molecule has 4 atom stereocenters. The molecule has 55 heavy (non-hydrogen) atoms. The summed E-state index contributed by atoms with van der Waals surface area (Å²) in [7, 11) is 1.43. The number of fused-ring (bicyclic) bond motifs is 3. The van der Waals surface area contributed by atoms with Crippen molar-refractivity contribution in [2.75, 3.05) is 44.9 Å². The molecule has 1 spiro atoms. The third-order valence-corrected chi connectivity index (χ3v) is 13.3. The number of pyridine rings is 1. The number of likely N-dealkylation sites (tertiary alicyclic amines) is 1. The number of β-amino-alcohol motifs (C(OH)–C–C–N with tert-alkyl or cyclic N) is 1. The summed E-state index contributed by atoms with van der Waals surface area (Å²) < 4.78 is 51.4. The highest BCUT2D eigenvalue weighted by Gasteiger charge is 2.53. The number of anilines is 1. The fraction of sp³-hybridized carbons (Fsp3) is 0.558. The molecule has 290 valence electrons. The van der Waals surface area contributed by atoms with E-state index in [-0.39, 0.29) is 68.3 Å². The van der Waals surface area contributed by atoms with E-state index in [1.165, 1.54) is 44.2 Å². The molecular formula is C43H49F2N5O5. The zero-order valence-electron chi connectivity index (χ0n) is 31.7. The molecule has 2 aliphatic carbocycles. The van der Waals surface area contributed by atoms with Gasteiger partial charge in [-0.05, 0) is 94.8 Å². The Labute approximate surface area is 320 Å². The van der Waals surface area contributed by atoms with Gasteiger partial charge in [-0.15, -0.1) is 6.42 Å². The van der Waals surface area contributed by atoms with Crippen molar-refractivity contribution in [1.29, 1.82) is 0 Å². The molecule has 4 aromatic rings. The van der Waals surface area contributed by atoms with Crippen molar-refractivity contribution >= 4 is 27.5 Å². The fourth-order valence-corrected chi connectivity index (χ4v) is 10.9. The molecule has 0 radical (unpaired) electrons. The number of methoxy groups -OCH3 is 1. The number of aromatic hydroxyl groups is 1. The van der Waals surface area contributed by atoms with E-state index in [1.807, 2.05) is 4.90 Å². The van der Waals surface area contributed by atoms with E-state index < -0.39 is 17.2 Å². The molecule has 1 unspecified atom stereocenters. The molecular weight excluding hydrogens is 704 g/mol. The van der Waals surface area contributed by atoms with Crippen LogP contribution >= 0.6 is 0 Å². The number of aromatic nitrogens is 3. The van der Waals surface area contributed by atoms with Gasteiger partial charge >= 0.3 is 6.01 Å². The van der Waals surface area contributed by atoms with Crippen molar-refractivity contribution in [2.45, 2.75) is 107 Å². The first-order valence-corrected chi connectivity index (χ1v) is 19.9. The van der Waals surface area contributed by atoms with Gasteiger partial charge in [-0.3, -0.25) is 4.90 Å². The smallest absolute Gasteiger partial charge is 0.319 e. The summed E-state index contributed by atoms with van der Waals surface area (Å²) in [5, 5.41) is 22.8. The van der Waals surface area contributed by atoms with Crippen molar-refractivity contribution in [2.24, 2.45) is 5.41 Å². The van der Waals surface area contributed by atoms with E-state index in [0.29, 0.717) is 49.3 Å². The molecule has 2 saturated carbocycles. The quantitative estimate of drug-likeness (QED) is 0.187. The van der Waals surface area contributed by atoms with Gasteiger partial charge in [-0.1, -0.05) is 31.2 Å². The van der Waals surface area contributed by atoms with Crippen LogP contribution in [0.3, 0.4) is 0 Å². The van der Waals surface area contributed by atoms with Crippen LogP contribution in [-0.4, -0.2) is 93.3 Å². The lowest BCUT2D eigenvalue weighted by atomic mass is 9.74. The van der Waals surface area contributed by atoms with Gasteiger partial charge in [0.15, 0.2) is 5.82 Å². The highest BCUT2D eigenvalue weighted by atomic mass is 19.1. The van der Waals surface area contributed by atoms with Crippen LogP contribution < -0.4 is 14.4 Å². The van der Waals surface area contributed by atoms with Crippen molar-refractivity contribution in [3.05, 3.63) is 41.5 Å². The van der Waals surface area contributed by atoms with Crippen LogP contribution in [0.5, 0.6) is 17.6 Å². The van der Waals surface area contributed by atoms with Gasteiger partial charge in [-0.25, -0.2) is 13.8 Å². The van der Waals surface area contributed by atoms with Gasteiger partial charge in [0.2, 0.25) is 5.88 Å². The molecule has 9 rings (SSSR count). The SMILES string of the molecule is C#Cc1c(F)ccc2cc(O)cc(-c3nc(OC)c4c(N5CCC[C@@](C)(O)C5)nc(OC[C@]56CCC[C@H]5N(C5COC7(CCCC7)C5)CCC6)nc4c3F)c12. The normalized spacial score (nSPS) is 27.9. The average molecular weight is 754 g/mol. The first-order chi connectivity index (χ1) is 26.5. The van der Waals surface area contributed by atoms with Crippen LogP contribution in [0.25, 0.3) is 32.9 Å². The van der Waals surface area contributed by atoms with E-state index in [2.05, 4.69) is 15.8 Å². The van der Waals surface area contributed by atoms with Crippen molar-refractivity contribution in [1.82, 2.24) is 19.9 Å². The number of terminal acetylenes is 1. The number of nitrogens with zero attached hydrogens (tertiary/aromatic N) is 5. The fourth-order valence-electron chi connectivity index (χ4n) is 10.9. The average Bonchev–Trinajstić information content (AvgIpc) is 3.94. The second-order valence-corrected chi connectivity index (χ2v) is 17.0. The van der Waals surface area contributed by atoms with E-state index >= 15 is 8.78 Å². The maximum Gasteiger partial charge on any atom is 0.319 e. The number of phenols is 1. The Hall–Kier alpha value is -4.31. The van der Waals surface area contributed by atoms with Crippen LogP contribution in [0.15, 0.2) is 24.3 Å². The minimum absolute atomic E-state index is 0.0215. The molecule has 0 amide bonds. The Morgan fingerprint density at radius 3 is 2.58 bits per heavy atom. The lowest BCUT2D eigenvalue weighted by molar-refractivity contribution is -0.0267. The monoisotopic (exact) mass is 753 g/mol. The zero-order valence-corrected chi connectivity index (χ0v) is 31.7. The molecule has 10 nitrogen and oxygen atoms in total. The van der Waals surface area contributed by atoms with Crippen LogP contribution in [0.4, 0.5) is 14.6 Å². The Kier molecular flexibility index (Phi) is 9.06. The van der Waals surface area contributed by atoms with E-state index in [4.69, 9.17) is 30.6 Å². The summed E-state index contributed by atoms with van der Waals surface area (Å²) in [6.45, 7) is 4.81. The third kappa shape index (κ3) is 6.23. The summed E-state index contributed by atoms with van der Waals surface area (Å²) >= 11 is 0. The van der Waals surface area contributed by atoms with Crippen LogP contribution in [0.2, 0.25) is 0 Å². The second kappa shape index (κ2) is 13.7. The molecule has 2 aromatic carbocycles. The molecule has 3 aliphatic heterocycles. The zero-order chi connectivity index (χ0) is 38.1. The largest absolute Gasteiger partial charge is 0.508 e. The standard InChI is InChI=1S/C43H49F2N5O5/c1-4-29-31(44)12-11-26-20-28(51)21-30(33(26)29)36-35(45)37-34(39(46-36)53-3)38(49-18-8-13-41(2,52)24-49)48-40(47-37)54-25-42-14-7-10-32(42)50(19-9-15-42)27-22-43(55-23-27)16-5-6-17-43/h1,11-12,20-21,27,32,51-52H,5-10,13-19,22-25H2,2-3H3/t27?,32-,41-,42-/m1/s1. The molecule has 5 fully saturated rings. The summed E-state index contributed by atoms with van der Waals surface area (Å²) in [6, 6.07) is 6.23. The highest BCUT2D eigenvalue weighted by Crippen LogP contribution is 2.51. The summed E-state index contributed by atoms with van der Waals surface area (Å²) in [6.07, 6.45) is 18.3. The lowest BCUT2D eigenvalue weighted by Crippen LogP contribution is -2.55. The van der Waals surface area contributed by atoms with Crippen LogP contribution in [0.1, 0.15) is 89.5 Å². The first-order valence-electron chi connectivity index (χ1n) is 19.9. The number of aliphatic hydroxyl groups is 1. The molecule has 5 heterocycles. The minimum atomic E-state index is -1.01. The number of hydrogen-bond acceptors (Lipinski definition) is 10. The molecule has 12 heteroatoms. The molecule has 2 N–H and O–H groups in total. The Morgan fingerprint density at radius 2 is 1.80 bits per heavy atom. The van der Waals surface area contributed by atoms with Crippen molar-refractivity contribution in [3.63, 3.8) is 0 Å². The van der Waals surface area contributed by atoms with Gasteiger partial charge in [0.25, 0.3) is 0 Å². The van der Waals surface area contributed by atoms with Crippen molar-refractivity contribution in [3.8, 4) is 41.2 Å².